The number of rotatable bonds is 0. The van der Waals surface area contributed by atoms with Crippen molar-refractivity contribution in [1.29, 1.82) is 0 Å². The van der Waals surface area contributed by atoms with Crippen LogP contribution in [0.15, 0.2) is 0 Å². The first kappa shape index (κ1) is 8.58. The molecule has 0 aliphatic heterocycles. The molecule has 2 aromatic heterocycles. The molecule has 6 nitrogen and oxygen atoms in total. The van der Waals surface area contributed by atoms with E-state index in [0.717, 1.165) is 54.9 Å². The zero-order chi connectivity index (χ0) is 10.1. The first-order valence-electron chi connectivity index (χ1n) is 5.20. The molecule has 2 aromatic rings. The van der Waals surface area contributed by atoms with Crippen molar-refractivity contribution in [1.82, 2.24) is 30.8 Å². The van der Waals surface area contributed by atoms with E-state index in [2.05, 4.69) is 30.8 Å². The molecule has 0 unspecified atom stereocenters. The molecule has 0 spiro atoms. The highest BCUT2D eigenvalue weighted by Crippen LogP contribution is 2.15. The second-order valence-corrected chi connectivity index (χ2v) is 3.79. The van der Waals surface area contributed by atoms with Crippen LogP contribution in [0.25, 0.3) is 0 Å². The third-order valence-corrected chi connectivity index (χ3v) is 2.83. The minimum Gasteiger partial charge on any atom is -0.197 e. The van der Waals surface area contributed by atoms with E-state index >= 15 is 0 Å². The average Bonchev–Trinajstić information content (AvgIpc) is 2.81. The number of aromatic nitrogens is 6. The molecule has 2 N–H and O–H groups in total. The van der Waals surface area contributed by atoms with E-state index in [1.165, 1.54) is 0 Å². The van der Waals surface area contributed by atoms with Crippen molar-refractivity contribution in [2.75, 3.05) is 0 Å². The molecule has 0 fully saturated rings. The van der Waals surface area contributed by atoms with Crippen molar-refractivity contribution in [3.05, 3.63) is 22.8 Å². The Hall–Kier alpha value is -1.72. The van der Waals surface area contributed by atoms with Gasteiger partial charge in [-0.05, 0) is 32.1 Å². The van der Waals surface area contributed by atoms with Crippen LogP contribution >= 0.6 is 0 Å². The number of aromatic amines is 2. The van der Waals surface area contributed by atoms with Gasteiger partial charge in [-0.15, -0.1) is 0 Å². The van der Waals surface area contributed by atoms with Crippen molar-refractivity contribution >= 4 is 0 Å². The standard InChI is InChI=1S/C9H12N6/c1-2-6-8(12-14-10-6)4-5-9-7(3-1)11-15-13-9/h1-5H2,(H,10,12,14)(H,11,13,15). The SMILES string of the molecule is C1Cc2n[nH]nc2CCc2n[nH]nc2C1. The number of aryl methyl sites for hydroxylation is 4. The zero-order valence-corrected chi connectivity index (χ0v) is 8.32. The van der Waals surface area contributed by atoms with Gasteiger partial charge in [0.2, 0.25) is 0 Å². The van der Waals surface area contributed by atoms with E-state index in [1.54, 1.807) is 0 Å². The zero-order valence-electron chi connectivity index (χ0n) is 8.32. The molecular weight excluding hydrogens is 192 g/mol. The molecule has 15 heavy (non-hydrogen) atoms. The molecule has 2 heterocycles. The van der Waals surface area contributed by atoms with Gasteiger partial charge in [0.05, 0.1) is 22.8 Å². The minimum atomic E-state index is 0.894. The highest BCUT2D eigenvalue weighted by atomic mass is 15.3. The van der Waals surface area contributed by atoms with Crippen LogP contribution in [-0.2, 0) is 25.7 Å². The van der Waals surface area contributed by atoms with Gasteiger partial charge < -0.3 is 0 Å². The Bertz CT molecular complexity index is 414. The fourth-order valence-electron chi connectivity index (χ4n) is 2.01. The van der Waals surface area contributed by atoms with Crippen LogP contribution in [0.1, 0.15) is 29.2 Å². The molecule has 3 rings (SSSR count). The van der Waals surface area contributed by atoms with Crippen LogP contribution < -0.4 is 0 Å². The van der Waals surface area contributed by atoms with Crippen LogP contribution in [0.3, 0.4) is 0 Å². The van der Waals surface area contributed by atoms with E-state index in [1.807, 2.05) is 0 Å². The summed E-state index contributed by atoms with van der Waals surface area (Å²) < 4.78 is 0. The number of hydrogen-bond acceptors (Lipinski definition) is 4. The topological polar surface area (TPSA) is 83.1 Å². The molecule has 0 amide bonds. The van der Waals surface area contributed by atoms with Gasteiger partial charge in [0.1, 0.15) is 0 Å². The summed E-state index contributed by atoms with van der Waals surface area (Å²) in [5.74, 6) is 0. The third kappa shape index (κ3) is 1.51. The molecule has 0 saturated heterocycles. The summed E-state index contributed by atoms with van der Waals surface area (Å²) in [7, 11) is 0. The number of H-pyrrole nitrogens is 2. The number of nitrogens with one attached hydrogen (secondary N) is 2. The Kier molecular flexibility index (Phi) is 1.97. The van der Waals surface area contributed by atoms with E-state index in [-0.39, 0.29) is 0 Å². The molecular formula is C9H12N6. The third-order valence-electron chi connectivity index (χ3n) is 2.83. The lowest BCUT2D eigenvalue weighted by Gasteiger charge is -1.94. The monoisotopic (exact) mass is 204 g/mol. The van der Waals surface area contributed by atoms with Gasteiger partial charge in [0, 0.05) is 0 Å². The summed E-state index contributed by atoms with van der Waals surface area (Å²) in [6.45, 7) is 0. The molecule has 1 aliphatic carbocycles. The predicted molar refractivity (Wildman–Crippen MR) is 52.2 cm³/mol. The molecule has 0 saturated carbocycles. The fraction of sp³-hybridized carbons (Fsp3) is 0.556. The lowest BCUT2D eigenvalue weighted by molar-refractivity contribution is 0.767. The Labute approximate surface area is 86.5 Å². The second kappa shape index (κ2) is 3.45. The minimum absolute atomic E-state index is 0.894. The molecule has 6 heteroatoms. The van der Waals surface area contributed by atoms with Gasteiger partial charge in [-0.3, -0.25) is 0 Å². The van der Waals surface area contributed by atoms with Crippen LogP contribution in [0.4, 0.5) is 0 Å². The smallest absolute Gasteiger partial charge is 0.0860 e. The average molecular weight is 204 g/mol. The second-order valence-electron chi connectivity index (χ2n) is 3.79. The maximum Gasteiger partial charge on any atom is 0.0860 e. The molecule has 0 radical (unpaired) electrons. The summed E-state index contributed by atoms with van der Waals surface area (Å²) in [5, 5.41) is 22.0. The van der Waals surface area contributed by atoms with E-state index < -0.39 is 0 Å². The van der Waals surface area contributed by atoms with Crippen LogP contribution in [0.2, 0.25) is 0 Å². The lowest BCUT2D eigenvalue weighted by Crippen LogP contribution is -1.96. The number of fused-ring (bicyclic) bond motifs is 2. The molecule has 0 atom stereocenters. The van der Waals surface area contributed by atoms with Gasteiger partial charge in [-0.25, -0.2) is 0 Å². The van der Waals surface area contributed by atoms with Crippen LogP contribution in [0, 0.1) is 0 Å². The van der Waals surface area contributed by atoms with E-state index in [4.69, 9.17) is 0 Å². The Morgan fingerprint density at radius 2 is 1.00 bits per heavy atom. The Morgan fingerprint density at radius 3 is 1.47 bits per heavy atom. The van der Waals surface area contributed by atoms with Gasteiger partial charge in [0.25, 0.3) is 0 Å². The van der Waals surface area contributed by atoms with Crippen LogP contribution in [-0.4, -0.2) is 30.8 Å². The number of hydrogen-bond donors (Lipinski definition) is 2. The van der Waals surface area contributed by atoms with Gasteiger partial charge >= 0.3 is 0 Å². The summed E-state index contributed by atoms with van der Waals surface area (Å²) in [5.41, 5.74) is 4.35. The molecule has 1 aliphatic rings. The van der Waals surface area contributed by atoms with Crippen molar-refractivity contribution in [2.24, 2.45) is 0 Å². The van der Waals surface area contributed by atoms with Gasteiger partial charge in [0.15, 0.2) is 0 Å². The van der Waals surface area contributed by atoms with E-state index in [0.29, 0.717) is 0 Å². The number of nitrogens with zero attached hydrogens (tertiary/aromatic N) is 4. The maximum atomic E-state index is 4.16. The molecule has 0 bridgehead atoms. The normalized spacial score (nSPS) is 16.0. The first-order chi connectivity index (χ1) is 7.43. The first-order valence-corrected chi connectivity index (χ1v) is 5.20. The highest BCUT2D eigenvalue weighted by molar-refractivity contribution is 5.16. The molecule has 78 valence electrons. The molecule has 0 aromatic carbocycles. The van der Waals surface area contributed by atoms with Crippen molar-refractivity contribution in [3.63, 3.8) is 0 Å². The Balaban J connectivity index is 1.91. The van der Waals surface area contributed by atoms with Gasteiger partial charge in [-0.2, -0.15) is 30.8 Å². The quantitative estimate of drug-likeness (QED) is 0.642. The van der Waals surface area contributed by atoms with Crippen molar-refractivity contribution < 1.29 is 0 Å². The van der Waals surface area contributed by atoms with E-state index in [9.17, 15) is 0 Å². The fourth-order valence-corrected chi connectivity index (χ4v) is 2.01. The largest absolute Gasteiger partial charge is 0.197 e. The predicted octanol–water partition coefficient (Wildman–Crippen LogP) is 0.197. The highest BCUT2D eigenvalue weighted by Gasteiger charge is 2.15. The summed E-state index contributed by atoms with van der Waals surface area (Å²) >= 11 is 0. The lowest BCUT2D eigenvalue weighted by atomic mass is 10.1. The maximum absolute atomic E-state index is 4.16. The van der Waals surface area contributed by atoms with Crippen molar-refractivity contribution in [2.45, 2.75) is 32.1 Å². The van der Waals surface area contributed by atoms with Crippen molar-refractivity contribution in [3.8, 4) is 0 Å². The summed E-state index contributed by atoms with van der Waals surface area (Å²) in [6.07, 6.45) is 4.78. The van der Waals surface area contributed by atoms with Crippen LogP contribution in [0.5, 0.6) is 0 Å². The van der Waals surface area contributed by atoms with Gasteiger partial charge in [-0.1, -0.05) is 0 Å². The summed E-state index contributed by atoms with van der Waals surface area (Å²) in [4.78, 5) is 0. The Morgan fingerprint density at radius 1 is 0.600 bits per heavy atom. The summed E-state index contributed by atoms with van der Waals surface area (Å²) in [6, 6.07) is 0.